The van der Waals surface area contributed by atoms with Crippen LogP contribution in [0.4, 0.5) is 11.6 Å². The SMILES string of the molecule is CCOC(=O)C(C)CC1=Nc2c(c(=O)n(C)c(=O)n2C)C1.CCOC(=O)CC(C)C1=Nc2c(c(=O)n(C)c(=O)n2C)C1. The maximum atomic E-state index is 12.1. The summed E-state index contributed by atoms with van der Waals surface area (Å²) < 4.78 is 14.8. The van der Waals surface area contributed by atoms with Gasteiger partial charge in [-0.1, -0.05) is 13.8 Å². The number of hydrogen-bond donors (Lipinski definition) is 0. The summed E-state index contributed by atoms with van der Waals surface area (Å²) in [6, 6.07) is 0. The lowest BCUT2D eigenvalue weighted by Gasteiger charge is -2.09. The van der Waals surface area contributed by atoms with Gasteiger partial charge in [-0.3, -0.25) is 37.4 Å². The molecule has 2 aliphatic rings. The zero-order chi connectivity index (χ0) is 31.5. The minimum absolute atomic E-state index is 0.128. The fraction of sp³-hybridized carbons (Fsp3) is 0.571. The summed E-state index contributed by atoms with van der Waals surface area (Å²) in [5.41, 5.74) is 1.02. The maximum absolute atomic E-state index is 12.1. The molecule has 0 aliphatic carbocycles. The summed E-state index contributed by atoms with van der Waals surface area (Å²) >= 11 is 0. The summed E-state index contributed by atoms with van der Waals surface area (Å²) in [6.45, 7) is 7.82. The highest BCUT2D eigenvalue weighted by molar-refractivity contribution is 5.96. The highest BCUT2D eigenvalue weighted by Gasteiger charge is 2.28. The van der Waals surface area contributed by atoms with Gasteiger partial charge < -0.3 is 9.47 Å². The lowest BCUT2D eigenvalue weighted by Crippen LogP contribution is -2.38. The third-order valence-electron chi connectivity index (χ3n) is 7.28. The number of aliphatic imine (C=N–C) groups is 2. The van der Waals surface area contributed by atoms with Crippen molar-refractivity contribution in [3.05, 3.63) is 52.8 Å². The second-order valence-electron chi connectivity index (χ2n) is 10.4. The predicted molar refractivity (Wildman–Crippen MR) is 156 cm³/mol. The van der Waals surface area contributed by atoms with Crippen molar-refractivity contribution in [2.75, 3.05) is 13.2 Å². The van der Waals surface area contributed by atoms with Crippen LogP contribution in [0.2, 0.25) is 0 Å². The van der Waals surface area contributed by atoms with Crippen LogP contribution < -0.4 is 22.5 Å². The molecule has 2 aliphatic heterocycles. The van der Waals surface area contributed by atoms with Crippen molar-refractivity contribution >= 4 is 35.0 Å². The van der Waals surface area contributed by atoms with Gasteiger partial charge in [0.1, 0.15) is 11.6 Å². The first-order chi connectivity index (χ1) is 19.7. The first-order valence-electron chi connectivity index (χ1n) is 13.8. The summed E-state index contributed by atoms with van der Waals surface area (Å²) in [6.07, 6.45) is 1.39. The molecule has 4 rings (SSSR count). The van der Waals surface area contributed by atoms with E-state index in [4.69, 9.17) is 9.47 Å². The molecular formula is C28H38N6O8. The van der Waals surface area contributed by atoms with E-state index in [0.717, 1.165) is 20.6 Å². The molecule has 2 aromatic heterocycles. The number of carbonyl (C=O) groups excluding carboxylic acids is 2. The highest BCUT2D eigenvalue weighted by Crippen LogP contribution is 2.26. The molecule has 0 N–H and O–H groups in total. The maximum Gasteiger partial charge on any atom is 0.332 e. The van der Waals surface area contributed by atoms with Gasteiger partial charge in [0.05, 0.1) is 36.7 Å². The Morgan fingerprint density at radius 1 is 0.762 bits per heavy atom. The van der Waals surface area contributed by atoms with Crippen LogP contribution in [0.25, 0.3) is 0 Å². The van der Waals surface area contributed by atoms with Gasteiger partial charge >= 0.3 is 23.3 Å². The number of ether oxygens (including phenoxy) is 2. The van der Waals surface area contributed by atoms with Gasteiger partial charge in [-0.15, -0.1) is 0 Å². The fourth-order valence-electron chi connectivity index (χ4n) is 4.86. The Morgan fingerprint density at radius 3 is 1.79 bits per heavy atom. The van der Waals surface area contributed by atoms with E-state index in [2.05, 4.69) is 9.98 Å². The Bertz CT molecular complexity index is 1700. The molecule has 0 saturated carbocycles. The fourth-order valence-corrected chi connectivity index (χ4v) is 4.86. The Morgan fingerprint density at radius 2 is 1.26 bits per heavy atom. The van der Waals surface area contributed by atoms with Gasteiger partial charge in [0.15, 0.2) is 0 Å². The highest BCUT2D eigenvalue weighted by atomic mass is 16.5. The van der Waals surface area contributed by atoms with Crippen molar-refractivity contribution in [2.45, 2.75) is 53.4 Å². The van der Waals surface area contributed by atoms with Crippen molar-refractivity contribution in [1.29, 1.82) is 0 Å². The standard InChI is InChI=1S/2C14H19N3O4/c1-5-21-11(18)6-8(2)10-7-9-12(15-10)16(3)14(20)17(4)13(9)19;1-5-21-13(19)8(2)6-9-7-10-11(15-9)16(3)14(20)17(4)12(10)18/h2*8H,5-7H2,1-4H3. The van der Waals surface area contributed by atoms with Crippen LogP contribution in [0.3, 0.4) is 0 Å². The van der Waals surface area contributed by atoms with Crippen molar-refractivity contribution in [3.63, 3.8) is 0 Å². The quantitative estimate of drug-likeness (QED) is 0.406. The van der Waals surface area contributed by atoms with Crippen molar-refractivity contribution in [2.24, 2.45) is 50.0 Å². The van der Waals surface area contributed by atoms with Gasteiger partial charge in [-0.2, -0.15) is 0 Å². The Kier molecular flexibility index (Phi) is 10.0. The van der Waals surface area contributed by atoms with Gasteiger partial charge in [-0.05, 0) is 20.3 Å². The third-order valence-corrected chi connectivity index (χ3v) is 7.28. The number of rotatable bonds is 8. The van der Waals surface area contributed by atoms with E-state index >= 15 is 0 Å². The van der Waals surface area contributed by atoms with Crippen LogP contribution >= 0.6 is 0 Å². The number of aromatic nitrogens is 4. The van der Waals surface area contributed by atoms with Crippen LogP contribution in [0.15, 0.2) is 29.2 Å². The molecule has 228 valence electrons. The smallest absolute Gasteiger partial charge is 0.332 e. The zero-order valence-corrected chi connectivity index (χ0v) is 25.3. The van der Waals surface area contributed by atoms with Crippen LogP contribution in [0.1, 0.15) is 51.7 Å². The molecule has 2 atom stereocenters. The van der Waals surface area contributed by atoms with Gasteiger partial charge in [-0.25, -0.2) is 19.6 Å². The summed E-state index contributed by atoms with van der Waals surface area (Å²) in [7, 11) is 6.07. The molecule has 4 heterocycles. The summed E-state index contributed by atoms with van der Waals surface area (Å²) in [5.74, 6) is -0.221. The molecular weight excluding hydrogens is 548 g/mol. The molecule has 2 aromatic rings. The van der Waals surface area contributed by atoms with Crippen molar-refractivity contribution in [3.8, 4) is 0 Å². The topological polar surface area (TPSA) is 165 Å². The largest absolute Gasteiger partial charge is 0.466 e. The van der Waals surface area contributed by atoms with Crippen LogP contribution in [0, 0.1) is 11.8 Å². The second-order valence-corrected chi connectivity index (χ2v) is 10.4. The zero-order valence-electron chi connectivity index (χ0n) is 25.3. The number of nitrogens with zero attached hydrogens (tertiary/aromatic N) is 6. The van der Waals surface area contributed by atoms with Crippen molar-refractivity contribution < 1.29 is 19.1 Å². The van der Waals surface area contributed by atoms with Crippen LogP contribution in [-0.2, 0) is 60.1 Å². The molecule has 42 heavy (non-hydrogen) atoms. The van der Waals surface area contributed by atoms with E-state index in [1.807, 2.05) is 6.92 Å². The van der Waals surface area contributed by atoms with E-state index in [-0.39, 0.29) is 41.3 Å². The van der Waals surface area contributed by atoms with E-state index in [1.165, 1.54) is 23.2 Å². The Labute approximate surface area is 241 Å². The Hall–Kier alpha value is -4.36. The first kappa shape index (κ1) is 32.2. The lowest BCUT2D eigenvalue weighted by molar-refractivity contribution is -0.147. The van der Waals surface area contributed by atoms with Gasteiger partial charge in [0.25, 0.3) is 11.1 Å². The second kappa shape index (κ2) is 13.1. The van der Waals surface area contributed by atoms with Crippen molar-refractivity contribution in [1.82, 2.24) is 18.3 Å². The molecule has 0 fully saturated rings. The van der Waals surface area contributed by atoms with E-state index in [1.54, 1.807) is 34.9 Å². The van der Waals surface area contributed by atoms with Crippen LogP contribution in [0.5, 0.6) is 0 Å². The Balaban J connectivity index is 0.000000230. The number of carbonyl (C=O) groups is 2. The van der Waals surface area contributed by atoms with E-state index < -0.39 is 11.4 Å². The van der Waals surface area contributed by atoms with E-state index in [9.17, 15) is 28.8 Å². The minimum Gasteiger partial charge on any atom is -0.466 e. The molecule has 0 spiro atoms. The average Bonchev–Trinajstić information content (AvgIpc) is 3.59. The molecule has 0 aromatic carbocycles. The third kappa shape index (κ3) is 6.42. The van der Waals surface area contributed by atoms with Gasteiger partial charge in [0, 0.05) is 58.4 Å². The minimum atomic E-state index is -0.401. The lowest BCUT2D eigenvalue weighted by atomic mass is 9.98. The van der Waals surface area contributed by atoms with Crippen LogP contribution in [-0.4, -0.2) is 54.8 Å². The predicted octanol–water partition coefficient (Wildman–Crippen LogP) is 0.604. The average molecular weight is 587 g/mol. The number of fused-ring (bicyclic) bond motifs is 2. The monoisotopic (exact) mass is 586 g/mol. The number of esters is 2. The molecule has 0 bridgehead atoms. The molecule has 0 saturated heterocycles. The molecule has 2 unspecified atom stereocenters. The molecule has 14 heteroatoms. The molecule has 14 nitrogen and oxygen atoms in total. The van der Waals surface area contributed by atoms with Gasteiger partial charge in [0.2, 0.25) is 0 Å². The molecule has 0 radical (unpaired) electrons. The first-order valence-corrected chi connectivity index (χ1v) is 13.8. The number of hydrogen-bond acceptors (Lipinski definition) is 10. The normalized spacial score (nSPS) is 14.6. The summed E-state index contributed by atoms with van der Waals surface area (Å²) in [5, 5.41) is 0. The van der Waals surface area contributed by atoms with E-state index in [0.29, 0.717) is 55.2 Å². The molecule has 0 amide bonds. The summed E-state index contributed by atoms with van der Waals surface area (Å²) in [4.78, 5) is 79.8.